The zero-order valence-corrected chi connectivity index (χ0v) is 8.96. The number of carbonyl (C=O) groups is 1. The summed E-state index contributed by atoms with van der Waals surface area (Å²) < 4.78 is 5.13. The molecule has 0 aliphatic carbocycles. The van der Waals surface area contributed by atoms with Gasteiger partial charge in [-0.1, -0.05) is 6.08 Å². The van der Waals surface area contributed by atoms with Crippen LogP contribution in [0.15, 0.2) is 12.3 Å². The van der Waals surface area contributed by atoms with E-state index in [1.165, 1.54) is 0 Å². The molecule has 0 saturated heterocycles. The maximum atomic E-state index is 11.3. The van der Waals surface area contributed by atoms with Crippen LogP contribution in [-0.4, -0.2) is 17.9 Å². The van der Waals surface area contributed by atoms with Crippen LogP contribution in [0, 0.1) is 0 Å². The molecular formula is C10H18N2O2. The summed E-state index contributed by atoms with van der Waals surface area (Å²) in [5, 5.41) is 5.80. The molecule has 0 saturated carbocycles. The minimum Gasteiger partial charge on any atom is -0.444 e. The highest BCUT2D eigenvalue weighted by atomic mass is 16.6. The first-order chi connectivity index (χ1) is 6.47. The van der Waals surface area contributed by atoms with Gasteiger partial charge in [-0.3, -0.25) is 0 Å². The second-order valence-corrected chi connectivity index (χ2v) is 4.35. The van der Waals surface area contributed by atoms with Crippen LogP contribution >= 0.6 is 0 Å². The molecule has 1 heterocycles. The normalized spacial score (nSPS) is 21.2. The highest BCUT2D eigenvalue weighted by molar-refractivity contribution is 5.68. The lowest BCUT2D eigenvalue weighted by Crippen LogP contribution is -2.46. The third-order valence-corrected chi connectivity index (χ3v) is 1.73. The minimum absolute atomic E-state index is 0.00477. The number of alkyl carbamates (subject to hydrolysis) is 1. The largest absolute Gasteiger partial charge is 0.444 e. The summed E-state index contributed by atoms with van der Waals surface area (Å²) in [4.78, 5) is 11.3. The van der Waals surface area contributed by atoms with Crippen molar-refractivity contribution >= 4 is 6.09 Å². The number of rotatable bonds is 1. The Kier molecular flexibility index (Phi) is 3.38. The quantitative estimate of drug-likeness (QED) is 0.674. The Balaban J connectivity index is 2.30. The van der Waals surface area contributed by atoms with E-state index in [-0.39, 0.29) is 12.3 Å². The smallest absolute Gasteiger partial charge is 0.409 e. The van der Waals surface area contributed by atoms with Gasteiger partial charge in [-0.2, -0.15) is 0 Å². The standard InChI is InChI=1S/C10H18N2O2/c1-10(2,3)14-9(13)12-8-6-4-5-7-11-8/h5,7-8,11H,4,6H2,1-3H3,(H,12,13). The Morgan fingerprint density at radius 2 is 2.29 bits per heavy atom. The van der Waals surface area contributed by atoms with E-state index in [4.69, 9.17) is 4.74 Å². The summed E-state index contributed by atoms with van der Waals surface area (Å²) in [5.41, 5.74) is -0.436. The first kappa shape index (κ1) is 10.9. The second-order valence-electron chi connectivity index (χ2n) is 4.35. The van der Waals surface area contributed by atoms with Gasteiger partial charge in [0.1, 0.15) is 11.8 Å². The van der Waals surface area contributed by atoms with E-state index in [0.29, 0.717) is 0 Å². The third kappa shape index (κ3) is 4.16. The molecule has 0 bridgehead atoms. The van der Waals surface area contributed by atoms with Gasteiger partial charge in [0.05, 0.1) is 0 Å². The molecule has 80 valence electrons. The van der Waals surface area contributed by atoms with Crippen molar-refractivity contribution in [1.82, 2.24) is 10.6 Å². The predicted molar refractivity (Wildman–Crippen MR) is 54.7 cm³/mol. The molecule has 0 fully saturated rings. The molecule has 1 aliphatic heterocycles. The molecule has 0 radical (unpaired) electrons. The van der Waals surface area contributed by atoms with Crippen LogP contribution in [0.3, 0.4) is 0 Å². The van der Waals surface area contributed by atoms with Crippen LogP contribution in [0.2, 0.25) is 0 Å². The number of carbonyl (C=O) groups excluding carboxylic acids is 1. The summed E-state index contributed by atoms with van der Waals surface area (Å²) >= 11 is 0. The molecule has 14 heavy (non-hydrogen) atoms. The monoisotopic (exact) mass is 198 g/mol. The van der Waals surface area contributed by atoms with Gasteiger partial charge in [-0.25, -0.2) is 4.79 Å². The van der Waals surface area contributed by atoms with Crippen molar-refractivity contribution in [3.05, 3.63) is 12.3 Å². The van der Waals surface area contributed by atoms with E-state index in [1.54, 1.807) is 0 Å². The first-order valence-corrected chi connectivity index (χ1v) is 4.88. The van der Waals surface area contributed by atoms with Crippen LogP contribution in [0.5, 0.6) is 0 Å². The molecule has 1 unspecified atom stereocenters. The molecule has 1 aliphatic rings. The maximum Gasteiger partial charge on any atom is 0.409 e. The van der Waals surface area contributed by atoms with Crippen LogP contribution in [0.25, 0.3) is 0 Å². The number of hydrogen-bond acceptors (Lipinski definition) is 3. The second kappa shape index (κ2) is 4.35. The maximum absolute atomic E-state index is 11.3. The summed E-state index contributed by atoms with van der Waals surface area (Å²) in [6.45, 7) is 5.54. The molecule has 0 spiro atoms. The van der Waals surface area contributed by atoms with E-state index in [0.717, 1.165) is 12.8 Å². The minimum atomic E-state index is -0.436. The number of nitrogens with one attached hydrogen (secondary N) is 2. The lowest BCUT2D eigenvalue weighted by Gasteiger charge is -2.25. The van der Waals surface area contributed by atoms with E-state index in [9.17, 15) is 4.79 Å². The van der Waals surface area contributed by atoms with Crippen molar-refractivity contribution in [3.63, 3.8) is 0 Å². The Morgan fingerprint density at radius 3 is 2.79 bits per heavy atom. The molecule has 1 amide bonds. The van der Waals surface area contributed by atoms with Crippen molar-refractivity contribution in [3.8, 4) is 0 Å². The Labute approximate surface area is 84.7 Å². The molecule has 0 aromatic heterocycles. The van der Waals surface area contributed by atoms with Gasteiger partial charge >= 0.3 is 6.09 Å². The van der Waals surface area contributed by atoms with Gasteiger partial charge in [-0.05, 0) is 39.8 Å². The molecule has 0 aromatic carbocycles. The highest BCUT2D eigenvalue weighted by Gasteiger charge is 2.19. The number of amides is 1. The molecule has 0 aromatic rings. The van der Waals surface area contributed by atoms with Crippen molar-refractivity contribution in [1.29, 1.82) is 0 Å². The zero-order valence-electron chi connectivity index (χ0n) is 8.96. The van der Waals surface area contributed by atoms with E-state index >= 15 is 0 Å². The average molecular weight is 198 g/mol. The third-order valence-electron chi connectivity index (χ3n) is 1.73. The molecule has 1 atom stereocenters. The van der Waals surface area contributed by atoms with E-state index in [1.807, 2.05) is 33.0 Å². The fourth-order valence-corrected chi connectivity index (χ4v) is 1.18. The summed E-state index contributed by atoms with van der Waals surface area (Å²) in [6, 6.07) is 0. The SMILES string of the molecule is CC(C)(C)OC(=O)NC1CCC=CN1. The van der Waals surface area contributed by atoms with E-state index < -0.39 is 5.60 Å². The lowest BCUT2D eigenvalue weighted by molar-refractivity contribution is 0.0495. The van der Waals surface area contributed by atoms with Gasteiger partial charge in [-0.15, -0.1) is 0 Å². The van der Waals surface area contributed by atoms with E-state index in [2.05, 4.69) is 10.6 Å². The summed E-state index contributed by atoms with van der Waals surface area (Å²) in [7, 11) is 0. The molecular weight excluding hydrogens is 180 g/mol. The molecule has 1 rings (SSSR count). The van der Waals surface area contributed by atoms with Gasteiger partial charge in [0, 0.05) is 0 Å². The molecule has 2 N–H and O–H groups in total. The molecule has 4 heteroatoms. The van der Waals surface area contributed by atoms with Gasteiger partial charge in [0.25, 0.3) is 0 Å². The highest BCUT2D eigenvalue weighted by Crippen LogP contribution is 2.08. The van der Waals surface area contributed by atoms with Crippen molar-refractivity contribution < 1.29 is 9.53 Å². The van der Waals surface area contributed by atoms with Gasteiger partial charge in [0.2, 0.25) is 0 Å². The first-order valence-electron chi connectivity index (χ1n) is 4.88. The Morgan fingerprint density at radius 1 is 1.57 bits per heavy atom. The lowest BCUT2D eigenvalue weighted by atomic mass is 10.2. The Bertz CT molecular complexity index is 231. The molecule has 4 nitrogen and oxygen atoms in total. The number of hydrogen-bond donors (Lipinski definition) is 2. The van der Waals surface area contributed by atoms with Crippen LogP contribution in [0.4, 0.5) is 4.79 Å². The van der Waals surface area contributed by atoms with Crippen LogP contribution < -0.4 is 10.6 Å². The summed E-state index contributed by atoms with van der Waals surface area (Å²) in [6.07, 6.45) is 5.39. The Hall–Kier alpha value is -1.19. The predicted octanol–water partition coefficient (Wildman–Crippen LogP) is 1.73. The topological polar surface area (TPSA) is 50.4 Å². The van der Waals surface area contributed by atoms with Gasteiger partial charge in [0.15, 0.2) is 0 Å². The van der Waals surface area contributed by atoms with Crippen molar-refractivity contribution in [2.45, 2.75) is 45.4 Å². The van der Waals surface area contributed by atoms with Gasteiger partial charge < -0.3 is 15.4 Å². The van der Waals surface area contributed by atoms with Crippen LogP contribution in [0.1, 0.15) is 33.6 Å². The number of ether oxygens (including phenoxy) is 1. The zero-order chi connectivity index (χ0) is 10.6. The number of allylic oxidation sites excluding steroid dienone is 1. The fourth-order valence-electron chi connectivity index (χ4n) is 1.18. The average Bonchev–Trinajstić information content (AvgIpc) is 2.02. The summed E-state index contributed by atoms with van der Waals surface area (Å²) in [5.74, 6) is 0. The van der Waals surface area contributed by atoms with Crippen LogP contribution in [-0.2, 0) is 4.74 Å². The van der Waals surface area contributed by atoms with Crippen molar-refractivity contribution in [2.75, 3.05) is 0 Å². The van der Waals surface area contributed by atoms with Crippen molar-refractivity contribution in [2.24, 2.45) is 0 Å². The fraction of sp³-hybridized carbons (Fsp3) is 0.700.